The number of pyridine rings is 1. The number of carbonyl (C=O) groups excluding carboxylic acids is 1. The van der Waals surface area contributed by atoms with Crippen LogP contribution in [-0.4, -0.2) is 21.8 Å². The van der Waals surface area contributed by atoms with Crippen molar-refractivity contribution in [2.24, 2.45) is 0 Å². The molecule has 0 aliphatic heterocycles. The van der Waals surface area contributed by atoms with Gasteiger partial charge >= 0.3 is 0 Å². The normalized spacial score (nSPS) is 14.2. The number of amides is 1. The van der Waals surface area contributed by atoms with Gasteiger partial charge in [-0.25, -0.2) is 0 Å². The van der Waals surface area contributed by atoms with E-state index in [1.807, 2.05) is 6.07 Å². The smallest absolute Gasteiger partial charge is 0.270 e. The van der Waals surface area contributed by atoms with Crippen molar-refractivity contribution >= 4 is 21.8 Å². The van der Waals surface area contributed by atoms with E-state index in [0.717, 1.165) is 18.2 Å². The number of halogens is 1. The van der Waals surface area contributed by atoms with Gasteiger partial charge in [0.1, 0.15) is 5.69 Å². The number of rotatable bonds is 5. The van der Waals surface area contributed by atoms with Crippen LogP contribution in [-0.2, 0) is 0 Å². The summed E-state index contributed by atoms with van der Waals surface area (Å²) >= 11 is 3.41. The van der Waals surface area contributed by atoms with Crippen molar-refractivity contribution in [2.75, 3.05) is 5.33 Å². The van der Waals surface area contributed by atoms with Crippen LogP contribution >= 0.6 is 15.9 Å². The van der Waals surface area contributed by atoms with Crippen LogP contribution in [0.1, 0.15) is 37.2 Å². The van der Waals surface area contributed by atoms with Gasteiger partial charge < -0.3 is 5.32 Å². The van der Waals surface area contributed by atoms with E-state index in [9.17, 15) is 4.79 Å². The molecule has 16 heavy (non-hydrogen) atoms. The van der Waals surface area contributed by atoms with Crippen molar-refractivity contribution in [3.63, 3.8) is 0 Å². The Morgan fingerprint density at radius 1 is 1.56 bits per heavy atom. The van der Waals surface area contributed by atoms with E-state index < -0.39 is 0 Å². The molecule has 0 saturated carbocycles. The van der Waals surface area contributed by atoms with Gasteiger partial charge in [-0.05, 0) is 31.9 Å². The highest BCUT2D eigenvalue weighted by Crippen LogP contribution is 2.16. The Morgan fingerprint density at radius 2 is 2.31 bits per heavy atom. The quantitative estimate of drug-likeness (QED) is 0.845. The lowest BCUT2D eigenvalue weighted by Gasteiger charge is -2.28. The predicted octanol–water partition coefficient (Wildman–Crippen LogP) is 2.77. The standard InChI is InChI=1S/C12H17BrN2O/c1-3-12(2,7-8-13)15-11(16)10-6-4-5-9-14-10/h4-6,9H,3,7-8H2,1-2H3,(H,15,16). The van der Waals surface area contributed by atoms with E-state index in [0.29, 0.717) is 5.69 Å². The molecule has 1 aromatic rings. The lowest BCUT2D eigenvalue weighted by atomic mass is 9.95. The van der Waals surface area contributed by atoms with Gasteiger partial charge in [0.05, 0.1) is 0 Å². The van der Waals surface area contributed by atoms with Gasteiger partial charge in [-0.15, -0.1) is 0 Å². The van der Waals surface area contributed by atoms with Crippen molar-refractivity contribution in [3.8, 4) is 0 Å². The zero-order valence-electron chi connectivity index (χ0n) is 9.66. The zero-order valence-corrected chi connectivity index (χ0v) is 11.3. The molecule has 0 radical (unpaired) electrons. The topological polar surface area (TPSA) is 42.0 Å². The zero-order chi connectivity index (χ0) is 12.0. The Bertz CT molecular complexity index is 342. The van der Waals surface area contributed by atoms with E-state index in [2.05, 4.69) is 40.1 Å². The fourth-order valence-electron chi connectivity index (χ4n) is 1.37. The van der Waals surface area contributed by atoms with Crippen molar-refractivity contribution in [1.82, 2.24) is 10.3 Å². The van der Waals surface area contributed by atoms with Gasteiger partial charge in [-0.2, -0.15) is 0 Å². The Labute approximate surface area is 105 Å². The molecule has 1 aromatic heterocycles. The summed E-state index contributed by atoms with van der Waals surface area (Å²) < 4.78 is 0. The average Bonchev–Trinajstić information content (AvgIpc) is 2.30. The molecule has 1 heterocycles. The van der Waals surface area contributed by atoms with Crippen molar-refractivity contribution in [1.29, 1.82) is 0 Å². The Hall–Kier alpha value is -0.900. The first-order valence-corrected chi connectivity index (χ1v) is 6.53. The summed E-state index contributed by atoms with van der Waals surface area (Å²) in [5, 5.41) is 3.90. The second-order valence-electron chi connectivity index (χ2n) is 4.02. The molecule has 0 aliphatic carbocycles. The third-order valence-electron chi connectivity index (χ3n) is 2.74. The first-order chi connectivity index (χ1) is 7.61. The summed E-state index contributed by atoms with van der Waals surface area (Å²) in [5.41, 5.74) is 0.301. The molecule has 1 N–H and O–H groups in total. The number of hydrogen-bond acceptors (Lipinski definition) is 2. The summed E-state index contributed by atoms with van der Waals surface area (Å²) in [5.74, 6) is -0.106. The minimum absolute atomic E-state index is 0.106. The van der Waals surface area contributed by atoms with Crippen LogP contribution in [0.4, 0.5) is 0 Å². The molecule has 0 spiro atoms. The van der Waals surface area contributed by atoms with Crippen LogP contribution in [0.5, 0.6) is 0 Å². The number of hydrogen-bond donors (Lipinski definition) is 1. The number of carbonyl (C=O) groups is 1. The SMILES string of the molecule is CCC(C)(CCBr)NC(=O)c1ccccn1. The molecular formula is C12H17BrN2O. The van der Waals surface area contributed by atoms with Crippen molar-refractivity contribution < 1.29 is 4.79 Å². The van der Waals surface area contributed by atoms with E-state index in [1.165, 1.54) is 0 Å². The fourth-order valence-corrected chi connectivity index (χ4v) is 2.25. The van der Waals surface area contributed by atoms with Gasteiger partial charge in [0.2, 0.25) is 0 Å². The molecule has 88 valence electrons. The summed E-state index contributed by atoms with van der Waals surface area (Å²) in [6.45, 7) is 4.12. The van der Waals surface area contributed by atoms with E-state index >= 15 is 0 Å². The van der Waals surface area contributed by atoms with Crippen LogP contribution in [0.25, 0.3) is 0 Å². The van der Waals surface area contributed by atoms with E-state index in [4.69, 9.17) is 0 Å². The number of alkyl halides is 1. The molecule has 4 heteroatoms. The Kier molecular flexibility index (Phi) is 4.93. The molecule has 0 saturated heterocycles. The molecule has 1 rings (SSSR count). The summed E-state index contributed by atoms with van der Waals surface area (Å²) in [4.78, 5) is 15.9. The maximum Gasteiger partial charge on any atom is 0.270 e. The molecule has 0 aliphatic rings. The molecule has 1 atom stereocenters. The molecule has 3 nitrogen and oxygen atoms in total. The average molecular weight is 285 g/mol. The minimum Gasteiger partial charge on any atom is -0.346 e. The summed E-state index contributed by atoms with van der Waals surface area (Å²) in [6, 6.07) is 5.34. The van der Waals surface area contributed by atoms with Crippen molar-refractivity contribution in [2.45, 2.75) is 32.2 Å². The molecule has 0 aromatic carbocycles. The highest BCUT2D eigenvalue weighted by Gasteiger charge is 2.24. The maximum absolute atomic E-state index is 11.9. The van der Waals surface area contributed by atoms with E-state index in [1.54, 1.807) is 18.3 Å². The van der Waals surface area contributed by atoms with E-state index in [-0.39, 0.29) is 11.4 Å². The monoisotopic (exact) mass is 284 g/mol. The maximum atomic E-state index is 11.9. The summed E-state index contributed by atoms with van der Waals surface area (Å²) in [7, 11) is 0. The minimum atomic E-state index is -0.169. The molecule has 0 bridgehead atoms. The van der Waals surface area contributed by atoms with Gasteiger partial charge in [0.15, 0.2) is 0 Å². The Balaban J connectivity index is 2.70. The Morgan fingerprint density at radius 3 is 2.81 bits per heavy atom. The number of aromatic nitrogens is 1. The fraction of sp³-hybridized carbons (Fsp3) is 0.500. The van der Waals surface area contributed by atoms with Gasteiger partial charge in [0.25, 0.3) is 5.91 Å². The molecule has 1 unspecified atom stereocenters. The third kappa shape index (κ3) is 3.59. The van der Waals surface area contributed by atoms with Crippen molar-refractivity contribution in [3.05, 3.63) is 30.1 Å². The van der Waals surface area contributed by atoms with Gasteiger partial charge in [0, 0.05) is 17.1 Å². The van der Waals surface area contributed by atoms with Crippen LogP contribution < -0.4 is 5.32 Å². The second-order valence-corrected chi connectivity index (χ2v) is 4.82. The van der Waals surface area contributed by atoms with Crippen LogP contribution in [0.2, 0.25) is 0 Å². The van der Waals surface area contributed by atoms with Crippen LogP contribution in [0, 0.1) is 0 Å². The first-order valence-electron chi connectivity index (χ1n) is 5.41. The van der Waals surface area contributed by atoms with Gasteiger partial charge in [-0.1, -0.05) is 28.9 Å². The number of nitrogens with one attached hydrogen (secondary N) is 1. The summed E-state index contributed by atoms with van der Waals surface area (Å²) in [6.07, 6.45) is 3.43. The second kappa shape index (κ2) is 5.99. The number of nitrogens with zero attached hydrogens (tertiary/aromatic N) is 1. The highest BCUT2D eigenvalue weighted by atomic mass is 79.9. The first kappa shape index (κ1) is 13.2. The van der Waals surface area contributed by atoms with Crippen LogP contribution in [0.3, 0.4) is 0 Å². The third-order valence-corrected chi connectivity index (χ3v) is 3.14. The largest absolute Gasteiger partial charge is 0.346 e. The van der Waals surface area contributed by atoms with Gasteiger partial charge in [-0.3, -0.25) is 9.78 Å². The lowest BCUT2D eigenvalue weighted by molar-refractivity contribution is 0.0896. The lowest BCUT2D eigenvalue weighted by Crippen LogP contribution is -2.46. The van der Waals surface area contributed by atoms with Crippen LogP contribution in [0.15, 0.2) is 24.4 Å². The molecule has 1 amide bonds. The molecule has 0 fully saturated rings. The predicted molar refractivity (Wildman–Crippen MR) is 68.8 cm³/mol. The molecular weight excluding hydrogens is 268 g/mol. The highest BCUT2D eigenvalue weighted by molar-refractivity contribution is 9.09.